The summed E-state index contributed by atoms with van der Waals surface area (Å²) in [6.07, 6.45) is 4.87. The Kier molecular flexibility index (Phi) is 8.34. The first kappa shape index (κ1) is 28.2. The van der Waals surface area contributed by atoms with Crippen LogP contribution in [-0.2, 0) is 10.8 Å². The molecule has 0 atom stereocenters. The quantitative estimate of drug-likeness (QED) is 0.181. The number of benzene rings is 2. The van der Waals surface area contributed by atoms with E-state index in [2.05, 4.69) is 89.0 Å². The molecule has 2 aromatic carbocycles. The lowest BCUT2D eigenvalue weighted by molar-refractivity contribution is 0.543. The van der Waals surface area contributed by atoms with Gasteiger partial charge in [0.05, 0.1) is 34.2 Å². The van der Waals surface area contributed by atoms with Crippen LogP contribution in [0, 0.1) is 13.8 Å². The van der Waals surface area contributed by atoms with Crippen molar-refractivity contribution in [1.82, 2.24) is 19.6 Å². The summed E-state index contributed by atoms with van der Waals surface area (Å²) in [4.78, 5) is 9.56. The maximum Gasteiger partial charge on any atom is 0.0689 e. The van der Waals surface area contributed by atoms with E-state index >= 15 is 0 Å². The summed E-state index contributed by atoms with van der Waals surface area (Å²) < 4.78 is 4.12. The molecular formula is C33H42N6. The van der Waals surface area contributed by atoms with Gasteiger partial charge in [-0.2, -0.15) is 10.2 Å². The molecule has 2 aromatic heterocycles. The van der Waals surface area contributed by atoms with Gasteiger partial charge in [-0.1, -0.05) is 77.9 Å². The molecule has 6 nitrogen and oxygen atoms in total. The molecule has 204 valence electrons. The molecule has 0 N–H and O–H groups in total. The summed E-state index contributed by atoms with van der Waals surface area (Å²) >= 11 is 0. The second kappa shape index (κ2) is 11.5. The summed E-state index contributed by atoms with van der Waals surface area (Å²) in [5, 5.41) is 9.73. The van der Waals surface area contributed by atoms with Crippen molar-refractivity contribution in [3.8, 4) is 11.4 Å². The SMILES string of the molecule is Cc1nn(-c2ccccc2)c(C(C)(C)C)c1/C=N/CCC/N=C/c1c(C)nn(-c2ccccc2)c1C(C)(C)C. The molecule has 0 amide bonds. The lowest BCUT2D eigenvalue weighted by Crippen LogP contribution is -2.19. The van der Waals surface area contributed by atoms with Crippen LogP contribution >= 0.6 is 0 Å². The first-order chi connectivity index (χ1) is 18.5. The van der Waals surface area contributed by atoms with E-state index in [1.54, 1.807) is 0 Å². The first-order valence-corrected chi connectivity index (χ1v) is 13.8. The van der Waals surface area contributed by atoms with Gasteiger partial charge in [0.2, 0.25) is 0 Å². The van der Waals surface area contributed by atoms with Crippen LogP contribution in [0.5, 0.6) is 0 Å². The fraction of sp³-hybridized carbons (Fsp3) is 0.394. The minimum atomic E-state index is -0.0738. The van der Waals surface area contributed by atoms with Crippen LogP contribution in [0.3, 0.4) is 0 Å². The van der Waals surface area contributed by atoms with Crippen LogP contribution in [0.25, 0.3) is 11.4 Å². The van der Waals surface area contributed by atoms with Gasteiger partial charge in [0, 0.05) is 47.5 Å². The number of nitrogens with zero attached hydrogens (tertiary/aromatic N) is 6. The molecule has 2 heterocycles. The lowest BCUT2D eigenvalue weighted by atomic mass is 9.88. The molecule has 4 rings (SSSR count). The largest absolute Gasteiger partial charge is 0.292 e. The van der Waals surface area contributed by atoms with Crippen molar-refractivity contribution in [2.45, 2.75) is 72.6 Å². The van der Waals surface area contributed by atoms with Crippen LogP contribution in [0.4, 0.5) is 0 Å². The third kappa shape index (κ3) is 6.44. The molecule has 39 heavy (non-hydrogen) atoms. The number of hydrogen-bond acceptors (Lipinski definition) is 4. The third-order valence-corrected chi connectivity index (χ3v) is 6.65. The van der Waals surface area contributed by atoms with Crippen LogP contribution in [0.1, 0.15) is 81.9 Å². The van der Waals surface area contributed by atoms with Gasteiger partial charge in [-0.15, -0.1) is 0 Å². The first-order valence-electron chi connectivity index (χ1n) is 13.8. The minimum Gasteiger partial charge on any atom is -0.292 e. The number of hydrogen-bond donors (Lipinski definition) is 0. The molecule has 0 saturated carbocycles. The predicted molar refractivity (Wildman–Crippen MR) is 164 cm³/mol. The highest BCUT2D eigenvalue weighted by Crippen LogP contribution is 2.30. The number of rotatable bonds is 8. The molecule has 0 unspecified atom stereocenters. The third-order valence-electron chi connectivity index (χ3n) is 6.65. The van der Waals surface area contributed by atoms with Gasteiger partial charge < -0.3 is 0 Å². The number of aryl methyl sites for hydroxylation is 2. The zero-order valence-electron chi connectivity index (χ0n) is 24.7. The number of para-hydroxylation sites is 2. The Labute approximate surface area is 233 Å². The molecule has 0 aliphatic carbocycles. The Morgan fingerprint density at radius 3 is 1.31 bits per heavy atom. The van der Waals surface area contributed by atoms with Crippen LogP contribution in [-0.4, -0.2) is 45.1 Å². The molecule has 4 aromatic rings. The molecule has 0 bridgehead atoms. The minimum absolute atomic E-state index is 0.0738. The van der Waals surface area contributed by atoms with Gasteiger partial charge in [-0.25, -0.2) is 9.36 Å². The van der Waals surface area contributed by atoms with Crippen molar-refractivity contribution >= 4 is 12.4 Å². The van der Waals surface area contributed by atoms with E-state index in [0.29, 0.717) is 13.1 Å². The van der Waals surface area contributed by atoms with E-state index in [9.17, 15) is 0 Å². The Bertz CT molecular complexity index is 1330. The average Bonchev–Trinajstić information content (AvgIpc) is 3.41. The van der Waals surface area contributed by atoms with Gasteiger partial charge >= 0.3 is 0 Å². The van der Waals surface area contributed by atoms with Crippen molar-refractivity contribution in [2.75, 3.05) is 13.1 Å². The second-order valence-electron chi connectivity index (χ2n) is 12.1. The summed E-state index contributed by atoms with van der Waals surface area (Å²) in [6.45, 7) is 18.9. The Balaban J connectivity index is 1.47. The van der Waals surface area contributed by atoms with Crippen LogP contribution in [0.2, 0.25) is 0 Å². The highest BCUT2D eigenvalue weighted by molar-refractivity contribution is 5.84. The zero-order chi connectivity index (χ0) is 28.2. The van der Waals surface area contributed by atoms with Crippen molar-refractivity contribution < 1.29 is 0 Å². The average molecular weight is 523 g/mol. The zero-order valence-corrected chi connectivity index (χ0v) is 24.7. The molecule has 0 fully saturated rings. The highest BCUT2D eigenvalue weighted by Gasteiger charge is 2.27. The van der Waals surface area contributed by atoms with Crippen molar-refractivity contribution in [3.05, 3.63) is 94.6 Å². The van der Waals surface area contributed by atoms with E-state index < -0.39 is 0 Å². The monoisotopic (exact) mass is 522 g/mol. The summed E-state index contributed by atoms with van der Waals surface area (Å²) in [5.41, 5.74) is 8.53. The van der Waals surface area contributed by atoms with E-state index in [0.717, 1.165) is 40.3 Å². The van der Waals surface area contributed by atoms with Gasteiger partial charge in [0.25, 0.3) is 0 Å². The smallest absolute Gasteiger partial charge is 0.0689 e. The van der Waals surface area contributed by atoms with Gasteiger partial charge in [-0.05, 0) is 44.5 Å². The van der Waals surface area contributed by atoms with Crippen molar-refractivity contribution in [3.63, 3.8) is 0 Å². The topological polar surface area (TPSA) is 60.4 Å². The normalized spacial score (nSPS) is 12.7. The Morgan fingerprint density at radius 1 is 0.615 bits per heavy atom. The molecule has 6 heteroatoms. The Hall–Kier alpha value is -3.80. The predicted octanol–water partition coefficient (Wildman–Crippen LogP) is 7.20. The Morgan fingerprint density at radius 2 is 0.974 bits per heavy atom. The summed E-state index contributed by atoms with van der Waals surface area (Å²) in [5.74, 6) is 0. The maximum atomic E-state index is 4.86. The summed E-state index contributed by atoms with van der Waals surface area (Å²) in [7, 11) is 0. The van der Waals surface area contributed by atoms with Crippen LogP contribution in [0.15, 0.2) is 70.6 Å². The van der Waals surface area contributed by atoms with Gasteiger partial charge in [-0.3, -0.25) is 9.98 Å². The lowest BCUT2D eigenvalue weighted by Gasteiger charge is -2.21. The maximum absolute atomic E-state index is 4.86. The van der Waals surface area contributed by atoms with E-state index in [1.807, 2.05) is 48.8 Å². The fourth-order valence-electron chi connectivity index (χ4n) is 4.91. The molecular weight excluding hydrogens is 480 g/mol. The standard InChI is InChI=1S/C33H42N6/c1-24-28(30(32(3,4)5)38(36-24)26-16-11-9-12-17-26)22-34-20-15-21-35-23-29-25(2)37-39(31(29)33(6,7)8)27-18-13-10-14-19-27/h9-14,16-19,22-23H,15,20-21H2,1-8H3/b34-22+,35-23+. The molecule has 0 aliphatic heterocycles. The van der Waals surface area contributed by atoms with Gasteiger partial charge in [0.15, 0.2) is 0 Å². The van der Waals surface area contributed by atoms with Crippen molar-refractivity contribution in [1.29, 1.82) is 0 Å². The molecule has 0 aliphatic rings. The summed E-state index contributed by atoms with van der Waals surface area (Å²) in [6, 6.07) is 20.6. The second-order valence-corrected chi connectivity index (χ2v) is 12.1. The molecule has 0 spiro atoms. The van der Waals surface area contributed by atoms with Gasteiger partial charge in [0.1, 0.15) is 0 Å². The van der Waals surface area contributed by atoms with E-state index in [1.165, 1.54) is 11.4 Å². The highest BCUT2D eigenvalue weighted by atomic mass is 15.3. The van der Waals surface area contributed by atoms with E-state index in [-0.39, 0.29) is 10.8 Å². The molecule has 0 radical (unpaired) electrons. The van der Waals surface area contributed by atoms with E-state index in [4.69, 9.17) is 20.2 Å². The fourth-order valence-corrected chi connectivity index (χ4v) is 4.91. The van der Waals surface area contributed by atoms with Crippen molar-refractivity contribution in [2.24, 2.45) is 9.98 Å². The number of aromatic nitrogens is 4. The molecule has 0 saturated heterocycles. The van der Waals surface area contributed by atoms with Crippen LogP contribution < -0.4 is 0 Å². The number of aliphatic imine (C=N–C) groups is 2.